The predicted octanol–water partition coefficient (Wildman–Crippen LogP) is 2.68. The van der Waals surface area contributed by atoms with Gasteiger partial charge in [-0.1, -0.05) is 0 Å². The van der Waals surface area contributed by atoms with Crippen molar-refractivity contribution < 1.29 is 9.53 Å². The number of H-pyrrole nitrogens is 1. The molecule has 3 aliphatic heterocycles. The summed E-state index contributed by atoms with van der Waals surface area (Å²) in [4.78, 5) is 32.4. The normalized spacial score (nSPS) is 23.6. The number of hydrogen-bond donors (Lipinski definition) is 1. The van der Waals surface area contributed by atoms with Crippen LogP contribution in [0.4, 0.5) is 11.5 Å². The van der Waals surface area contributed by atoms with Gasteiger partial charge in [-0.25, -0.2) is 9.97 Å². The molecule has 3 aromatic rings. The number of carbonyl (C=O) groups is 1. The van der Waals surface area contributed by atoms with E-state index >= 15 is 0 Å². The first-order valence-corrected chi connectivity index (χ1v) is 11.6. The zero-order valence-electron chi connectivity index (χ0n) is 18.1. The number of carbonyl (C=O) groups excluding carboxylic acids is 1. The van der Waals surface area contributed by atoms with Gasteiger partial charge in [0, 0.05) is 43.6 Å². The first kappa shape index (κ1) is 19.5. The van der Waals surface area contributed by atoms with Crippen LogP contribution in [0.25, 0.3) is 11.0 Å². The Bertz CT molecular complexity index is 1110. The molecule has 0 spiro atoms. The topological polar surface area (TPSA) is 77.6 Å². The molecule has 3 fully saturated rings. The van der Waals surface area contributed by atoms with Crippen molar-refractivity contribution in [2.75, 3.05) is 49.2 Å². The Hall–Kier alpha value is -3.13. The number of nitrogens with one attached hydrogen (secondary N) is 1. The minimum atomic E-state index is 0.143. The Balaban J connectivity index is 1.21. The lowest BCUT2D eigenvalue weighted by molar-refractivity contribution is 0.0608. The van der Waals surface area contributed by atoms with Crippen molar-refractivity contribution >= 4 is 28.4 Å². The van der Waals surface area contributed by atoms with Crippen LogP contribution in [0.2, 0.25) is 0 Å². The molecular weight excluding hydrogens is 404 g/mol. The summed E-state index contributed by atoms with van der Waals surface area (Å²) in [6, 6.07) is 10.7. The third-order valence-corrected chi connectivity index (χ3v) is 7.17. The number of likely N-dealkylation sites (tertiary alicyclic amines) is 1. The number of anilines is 2. The second-order valence-corrected chi connectivity index (χ2v) is 8.84. The Labute approximate surface area is 187 Å². The fourth-order valence-corrected chi connectivity index (χ4v) is 5.59. The van der Waals surface area contributed by atoms with Crippen LogP contribution in [0.3, 0.4) is 0 Å². The Morgan fingerprint density at radius 2 is 1.81 bits per heavy atom. The first-order chi connectivity index (χ1) is 15.8. The molecule has 0 aliphatic carbocycles. The van der Waals surface area contributed by atoms with Crippen LogP contribution in [-0.2, 0) is 4.74 Å². The van der Waals surface area contributed by atoms with Crippen molar-refractivity contribution in [3.8, 4) is 0 Å². The Kier molecular flexibility index (Phi) is 4.94. The van der Waals surface area contributed by atoms with E-state index in [2.05, 4.69) is 41.8 Å². The molecule has 2 unspecified atom stereocenters. The number of ether oxygens (including phenoxy) is 1. The standard InChI is InChI=1S/C24H28N6O2/c31-24(17-3-5-18(6-4-17)28-12-14-32-15-13-28)30-10-1-2-20-21(30)8-11-29(20)23-19-7-9-25-22(19)26-16-27-23/h3-7,9,16,20-21H,1-2,8,10-15H2,(H,25,26,27). The van der Waals surface area contributed by atoms with Gasteiger partial charge in [-0.3, -0.25) is 4.79 Å². The molecule has 166 valence electrons. The molecule has 5 heterocycles. The summed E-state index contributed by atoms with van der Waals surface area (Å²) in [5.41, 5.74) is 2.80. The van der Waals surface area contributed by atoms with Crippen LogP contribution >= 0.6 is 0 Å². The summed E-state index contributed by atoms with van der Waals surface area (Å²) in [6.07, 6.45) is 6.60. The number of nitrogens with zero attached hydrogens (tertiary/aromatic N) is 5. The highest BCUT2D eigenvalue weighted by molar-refractivity contribution is 5.95. The van der Waals surface area contributed by atoms with Gasteiger partial charge in [0.2, 0.25) is 0 Å². The second kappa shape index (κ2) is 8.09. The fourth-order valence-electron chi connectivity index (χ4n) is 5.59. The zero-order valence-corrected chi connectivity index (χ0v) is 18.1. The second-order valence-electron chi connectivity index (χ2n) is 8.84. The van der Waals surface area contributed by atoms with E-state index in [0.29, 0.717) is 6.04 Å². The molecule has 0 radical (unpaired) electrons. The summed E-state index contributed by atoms with van der Waals surface area (Å²) in [6.45, 7) is 5.05. The van der Waals surface area contributed by atoms with Gasteiger partial charge in [0.25, 0.3) is 5.91 Å². The van der Waals surface area contributed by atoms with E-state index in [9.17, 15) is 4.79 Å². The summed E-state index contributed by atoms with van der Waals surface area (Å²) in [5, 5.41) is 1.05. The molecule has 2 atom stereocenters. The summed E-state index contributed by atoms with van der Waals surface area (Å²) < 4.78 is 5.45. The molecule has 1 amide bonds. The van der Waals surface area contributed by atoms with Gasteiger partial charge in [0.05, 0.1) is 30.7 Å². The molecule has 6 rings (SSSR count). The summed E-state index contributed by atoms with van der Waals surface area (Å²) in [5.74, 6) is 1.12. The number of morpholine rings is 1. The lowest BCUT2D eigenvalue weighted by Gasteiger charge is -2.40. The van der Waals surface area contributed by atoms with Crippen molar-refractivity contribution in [3.63, 3.8) is 0 Å². The first-order valence-electron chi connectivity index (χ1n) is 11.6. The number of aromatic amines is 1. The Morgan fingerprint density at radius 1 is 0.969 bits per heavy atom. The average Bonchev–Trinajstić information content (AvgIpc) is 3.51. The third kappa shape index (κ3) is 3.30. The highest BCUT2D eigenvalue weighted by Crippen LogP contribution is 2.36. The third-order valence-electron chi connectivity index (χ3n) is 7.17. The van der Waals surface area contributed by atoms with E-state index < -0.39 is 0 Å². The van der Waals surface area contributed by atoms with Crippen LogP contribution in [0, 0.1) is 0 Å². The van der Waals surface area contributed by atoms with Gasteiger partial charge >= 0.3 is 0 Å². The van der Waals surface area contributed by atoms with E-state index in [1.165, 1.54) is 0 Å². The van der Waals surface area contributed by atoms with Crippen LogP contribution in [0.15, 0.2) is 42.9 Å². The maximum absolute atomic E-state index is 13.5. The predicted molar refractivity (Wildman–Crippen MR) is 123 cm³/mol. The molecule has 3 aliphatic rings. The van der Waals surface area contributed by atoms with Gasteiger partial charge in [0.15, 0.2) is 0 Å². The quantitative estimate of drug-likeness (QED) is 0.686. The molecule has 1 N–H and O–H groups in total. The van der Waals surface area contributed by atoms with E-state index in [1.807, 2.05) is 24.4 Å². The van der Waals surface area contributed by atoms with Crippen LogP contribution in [0.5, 0.6) is 0 Å². The van der Waals surface area contributed by atoms with Crippen molar-refractivity contribution in [1.29, 1.82) is 0 Å². The number of aromatic nitrogens is 3. The number of benzene rings is 1. The highest BCUT2D eigenvalue weighted by Gasteiger charge is 2.43. The monoisotopic (exact) mass is 432 g/mol. The van der Waals surface area contributed by atoms with Crippen LogP contribution < -0.4 is 9.80 Å². The molecule has 3 saturated heterocycles. The number of fused-ring (bicyclic) bond motifs is 2. The number of rotatable bonds is 3. The van der Waals surface area contributed by atoms with Gasteiger partial charge in [-0.2, -0.15) is 0 Å². The highest BCUT2D eigenvalue weighted by atomic mass is 16.5. The summed E-state index contributed by atoms with van der Waals surface area (Å²) >= 11 is 0. The van der Waals surface area contributed by atoms with Crippen molar-refractivity contribution in [2.45, 2.75) is 31.3 Å². The lowest BCUT2D eigenvalue weighted by Crippen LogP contribution is -2.52. The SMILES string of the molecule is O=C(c1ccc(N2CCOCC2)cc1)N1CCCC2C1CCN2c1ncnc2[nH]ccc12. The van der Waals surface area contributed by atoms with Crippen molar-refractivity contribution in [3.05, 3.63) is 48.4 Å². The molecular formula is C24H28N6O2. The molecule has 0 saturated carbocycles. The van der Waals surface area contributed by atoms with E-state index in [0.717, 1.165) is 86.8 Å². The molecule has 8 nitrogen and oxygen atoms in total. The minimum absolute atomic E-state index is 0.143. The lowest BCUT2D eigenvalue weighted by atomic mass is 9.95. The van der Waals surface area contributed by atoms with Gasteiger partial charge < -0.3 is 24.4 Å². The van der Waals surface area contributed by atoms with Crippen LogP contribution in [0.1, 0.15) is 29.6 Å². The molecule has 2 aromatic heterocycles. The van der Waals surface area contributed by atoms with Gasteiger partial charge in [-0.15, -0.1) is 0 Å². The zero-order chi connectivity index (χ0) is 21.5. The van der Waals surface area contributed by atoms with E-state index in [4.69, 9.17) is 4.74 Å². The molecule has 32 heavy (non-hydrogen) atoms. The summed E-state index contributed by atoms with van der Waals surface area (Å²) in [7, 11) is 0. The van der Waals surface area contributed by atoms with Crippen LogP contribution in [-0.4, -0.2) is 77.2 Å². The van der Waals surface area contributed by atoms with Crippen molar-refractivity contribution in [1.82, 2.24) is 19.9 Å². The Morgan fingerprint density at radius 3 is 2.66 bits per heavy atom. The van der Waals surface area contributed by atoms with Gasteiger partial charge in [-0.05, 0) is 49.6 Å². The molecule has 1 aromatic carbocycles. The van der Waals surface area contributed by atoms with E-state index in [-0.39, 0.29) is 11.9 Å². The van der Waals surface area contributed by atoms with Crippen molar-refractivity contribution in [2.24, 2.45) is 0 Å². The maximum atomic E-state index is 13.5. The largest absolute Gasteiger partial charge is 0.378 e. The number of amides is 1. The average molecular weight is 433 g/mol. The van der Waals surface area contributed by atoms with Gasteiger partial charge in [0.1, 0.15) is 17.8 Å². The van der Waals surface area contributed by atoms with E-state index in [1.54, 1.807) is 6.33 Å². The molecule has 8 heteroatoms. The minimum Gasteiger partial charge on any atom is -0.378 e. The smallest absolute Gasteiger partial charge is 0.254 e. The fraction of sp³-hybridized carbons (Fsp3) is 0.458. The maximum Gasteiger partial charge on any atom is 0.254 e. The molecule has 0 bridgehead atoms. The number of piperidine rings is 1. The number of hydrogen-bond acceptors (Lipinski definition) is 6.